The molecule has 8 heteroatoms. The number of ether oxygens (including phenoxy) is 1. The van der Waals surface area contributed by atoms with Gasteiger partial charge in [-0.1, -0.05) is 13.0 Å². The molecule has 3 rings (SSSR count). The van der Waals surface area contributed by atoms with E-state index in [0.29, 0.717) is 36.3 Å². The van der Waals surface area contributed by atoms with Crippen LogP contribution in [-0.4, -0.2) is 53.1 Å². The zero-order chi connectivity index (χ0) is 20.3. The Kier molecular flexibility index (Phi) is 6.82. The Morgan fingerprint density at radius 2 is 2.04 bits per heavy atom. The minimum absolute atomic E-state index is 0.167. The molecule has 2 heterocycles. The SMILES string of the molecule is CCOc1ccc(/C=C2\SC(=O)N(CC(=O)N3CCC(C)CC3)C2=O)cc1Br. The van der Waals surface area contributed by atoms with E-state index in [-0.39, 0.29) is 12.5 Å². The van der Waals surface area contributed by atoms with Gasteiger partial charge in [-0.3, -0.25) is 19.3 Å². The highest BCUT2D eigenvalue weighted by Crippen LogP contribution is 2.34. The number of amides is 3. The number of hydrogen-bond acceptors (Lipinski definition) is 5. The van der Waals surface area contributed by atoms with Crippen LogP contribution < -0.4 is 4.74 Å². The average molecular weight is 467 g/mol. The molecular formula is C20H23BrN2O4S. The molecule has 6 nitrogen and oxygen atoms in total. The maximum atomic E-state index is 12.7. The first kappa shape index (κ1) is 20.9. The minimum atomic E-state index is -0.418. The zero-order valence-electron chi connectivity index (χ0n) is 15.9. The molecule has 0 aliphatic carbocycles. The first-order chi connectivity index (χ1) is 13.4. The van der Waals surface area contributed by atoms with Crippen LogP contribution in [0.15, 0.2) is 27.6 Å². The maximum Gasteiger partial charge on any atom is 0.294 e. The summed E-state index contributed by atoms with van der Waals surface area (Å²) in [7, 11) is 0. The molecule has 28 heavy (non-hydrogen) atoms. The Morgan fingerprint density at radius 1 is 1.32 bits per heavy atom. The van der Waals surface area contributed by atoms with E-state index in [0.717, 1.165) is 39.5 Å². The van der Waals surface area contributed by atoms with Gasteiger partial charge in [-0.25, -0.2) is 0 Å². The van der Waals surface area contributed by atoms with Gasteiger partial charge in [-0.05, 0) is 77.1 Å². The lowest BCUT2D eigenvalue weighted by molar-refractivity contribution is -0.136. The lowest BCUT2D eigenvalue weighted by Crippen LogP contribution is -2.45. The van der Waals surface area contributed by atoms with E-state index in [2.05, 4.69) is 22.9 Å². The maximum absolute atomic E-state index is 12.7. The number of rotatable bonds is 5. The van der Waals surface area contributed by atoms with Crippen molar-refractivity contribution < 1.29 is 19.1 Å². The van der Waals surface area contributed by atoms with Gasteiger partial charge in [0.1, 0.15) is 12.3 Å². The molecule has 0 bridgehead atoms. The van der Waals surface area contributed by atoms with Crippen molar-refractivity contribution >= 4 is 50.8 Å². The van der Waals surface area contributed by atoms with Crippen LogP contribution in [0.5, 0.6) is 5.75 Å². The molecule has 0 saturated carbocycles. The summed E-state index contributed by atoms with van der Waals surface area (Å²) in [6.07, 6.45) is 3.58. The number of carbonyl (C=O) groups is 3. The van der Waals surface area contributed by atoms with Crippen molar-refractivity contribution in [2.45, 2.75) is 26.7 Å². The van der Waals surface area contributed by atoms with Crippen molar-refractivity contribution in [3.63, 3.8) is 0 Å². The van der Waals surface area contributed by atoms with Gasteiger partial charge in [0.05, 0.1) is 16.0 Å². The van der Waals surface area contributed by atoms with E-state index < -0.39 is 11.1 Å². The Labute approximate surface area is 177 Å². The third kappa shape index (κ3) is 4.78. The summed E-state index contributed by atoms with van der Waals surface area (Å²) >= 11 is 4.31. The van der Waals surface area contributed by atoms with Gasteiger partial charge < -0.3 is 9.64 Å². The number of imide groups is 1. The fourth-order valence-corrected chi connectivity index (χ4v) is 4.51. The van der Waals surface area contributed by atoms with Crippen LogP contribution in [0.4, 0.5) is 4.79 Å². The molecule has 2 aliphatic heterocycles. The first-order valence-electron chi connectivity index (χ1n) is 9.34. The lowest BCUT2D eigenvalue weighted by atomic mass is 9.99. The lowest BCUT2D eigenvalue weighted by Gasteiger charge is -2.31. The summed E-state index contributed by atoms with van der Waals surface area (Å²) in [5, 5.41) is -0.403. The summed E-state index contributed by atoms with van der Waals surface area (Å²) < 4.78 is 6.26. The number of likely N-dealkylation sites (tertiary alicyclic amines) is 1. The number of hydrogen-bond donors (Lipinski definition) is 0. The molecule has 1 aromatic carbocycles. The van der Waals surface area contributed by atoms with Crippen LogP contribution in [-0.2, 0) is 9.59 Å². The van der Waals surface area contributed by atoms with Crippen LogP contribution in [0.2, 0.25) is 0 Å². The first-order valence-corrected chi connectivity index (χ1v) is 11.0. The van der Waals surface area contributed by atoms with E-state index in [9.17, 15) is 14.4 Å². The quantitative estimate of drug-likeness (QED) is 0.609. The number of nitrogens with zero attached hydrogens (tertiary/aromatic N) is 2. The van der Waals surface area contributed by atoms with Gasteiger partial charge in [-0.2, -0.15) is 0 Å². The Morgan fingerprint density at radius 3 is 2.68 bits per heavy atom. The van der Waals surface area contributed by atoms with E-state index >= 15 is 0 Å². The van der Waals surface area contributed by atoms with Gasteiger partial charge in [-0.15, -0.1) is 0 Å². The standard InChI is InChI=1S/C20H23BrN2O4S/c1-3-27-16-5-4-14(10-15(16)21)11-17-19(25)23(20(26)28-17)12-18(24)22-8-6-13(2)7-9-22/h4-5,10-11,13H,3,6-9,12H2,1-2H3/b17-11-. The Bertz CT molecular complexity index is 818. The highest BCUT2D eigenvalue weighted by Gasteiger charge is 2.37. The molecule has 2 fully saturated rings. The second kappa shape index (κ2) is 9.13. The summed E-state index contributed by atoms with van der Waals surface area (Å²) in [6, 6.07) is 5.47. The van der Waals surface area contributed by atoms with Crippen LogP contribution in [0.25, 0.3) is 6.08 Å². The molecule has 0 atom stereocenters. The molecule has 0 unspecified atom stereocenters. The third-order valence-electron chi connectivity index (χ3n) is 4.86. The molecule has 3 amide bonds. The highest BCUT2D eigenvalue weighted by atomic mass is 79.9. The Hall–Kier alpha value is -1.80. The van der Waals surface area contributed by atoms with Crippen LogP contribution in [0, 0.1) is 5.92 Å². The highest BCUT2D eigenvalue weighted by molar-refractivity contribution is 9.10. The molecule has 0 N–H and O–H groups in total. The Balaban J connectivity index is 1.68. The second-order valence-electron chi connectivity index (χ2n) is 6.95. The summed E-state index contributed by atoms with van der Waals surface area (Å²) in [5.41, 5.74) is 0.775. The topological polar surface area (TPSA) is 66.9 Å². The smallest absolute Gasteiger partial charge is 0.294 e. The van der Waals surface area contributed by atoms with Crippen LogP contribution >= 0.6 is 27.7 Å². The van der Waals surface area contributed by atoms with E-state index in [1.54, 1.807) is 11.0 Å². The molecule has 0 radical (unpaired) electrons. The van der Waals surface area contributed by atoms with Crippen molar-refractivity contribution in [2.75, 3.05) is 26.2 Å². The molecule has 150 valence electrons. The van der Waals surface area contributed by atoms with E-state index in [4.69, 9.17) is 4.74 Å². The predicted molar refractivity (Wildman–Crippen MR) is 113 cm³/mol. The number of carbonyl (C=O) groups excluding carboxylic acids is 3. The fourth-order valence-electron chi connectivity index (χ4n) is 3.16. The van der Waals surface area contributed by atoms with Gasteiger partial charge >= 0.3 is 0 Å². The molecule has 2 saturated heterocycles. The molecule has 0 spiro atoms. The van der Waals surface area contributed by atoms with Crippen molar-refractivity contribution in [3.05, 3.63) is 33.1 Å². The van der Waals surface area contributed by atoms with Crippen molar-refractivity contribution in [1.29, 1.82) is 0 Å². The third-order valence-corrected chi connectivity index (χ3v) is 6.38. The summed E-state index contributed by atoms with van der Waals surface area (Å²) in [5.74, 6) is 0.741. The largest absolute Gasteiger partial charge is 0.493 e. The second-order valence-corrected chi connectivity index (χ2v) is 8.80. The monoisotopic (exact) mass is 466 g/mol. The molecule has 1 aromatic rings. The van der Waals surface area contributed by atoms with Gasteiger partial charge in [0.25, 0.3) is 11.1 Å². The summed E-state index contributed by atoms with van der Waals surface area (Å²) in [6.45, 7) is 5.81. The average Bonchev–Trinajstić information content (AvgIpc) is 2.92. The van der Waals surface area contributed by atoms with Gasteiger partial charge in [0.2, 0.25) is 5.91 Å². The molecule has 0 aromatic heterocycles. The normalized spacial score (nSPS) is 19.6. The number of halogens is 1. The van der Waals surface area contributed by atoms with Crippen molar-refractivity contribution in [1.82, 2.24) is 9.80 Å². The van der Waals surface area contributed by atoms with E-state index in [1.165, 1.54) is 0 Å². The van der Waals surface area contributed by atoms with Gasteiger partial charge in [0, 0.05) is 13.1 Å². The van der Waals surface area contributed by atoms with Gasteiger partial charge in [0.15, 0.2) is 0 Å². The van der Waals surface area contributed by atoms with E-state index in [1.807, 2.05) is 25.1 Å². The molecular weight excluding hydrogens is 444 g/mol. The zero-order valence-corrected chi connectivity index (χ0v) is 18.3. The predicted octanol–water partition coefficient (Wildman–Crippen LogP) is 4.14. The van der Waals surface area contributed by atoms with Crippen LogP contribution in [0.3, 0.4) is 0 Å². The number of piperidine rings is 1. The molecule has 2 aliphatic rings. The van der Waals surface area contributed by atoms with Crippen molar-refractivity contribution in [2.24, 2.45) is 5.92 Å². The van der Waals surface area contributed by atoms with Crippen molar-refractivity contribution in [3.8, 4) is 5.75 Å². The summed E-state index contributed by atoms with van der Waals surface area (Å²) in [4.78, 5) is 40.5. The minimum Gasteiger partial charge on any atom is -0.493 e. The fraction of sp³-hybridized carbons (Fsp3) is 0.450. The number of thioether (sulfide) groups is 1. The number of benzene rings is 1. The van der Waals surface area contributed by atoms with Crippen LogP contribution in [0.1, 0.15) is 32.3 Å².